The van der Waals surface area contributed by atoms with Gasteiger partial charge in [0.25, 0.3) is 0 Å². The van der Waals surface area contributed by atoms with Crippen molar-refractivity contribution in [2.24, 2.45) is 0 Å². The zero-order valence-corrected chi connectivity index (χ0v) is 8.52. The molecule has 3 nitrogen and oxygen atoms in total. The first-order valence-electron chi connectivity index (χ1n) is 4.56. The highest BCUT2D eigenvalue weighted by Gasteiger charge is 2.29. The number of nitrogens with one attached hydrogen (secondary N) is 1. The number of hydrogen-bond acceptors (Lipinski definition) is 3. The first-order chi connectivity index (χ1) is 6.94. The van der Waals surface area contributed by atoms with Crippen LogP contribution in [-0.4, -0.2) is 23.2 Å². The van der Waals surface area contributed by atoms with Gasteiger partial charge in [-0.05, 0) is 6.42 Å². The van der Waals surface area contributed by atoms with Crippen LogP contribution in [0, 0.1) is 0 Å². The monoisotopic (exact) mass is 219 g/mol. The van der Waals surface area contributed by atoms with Gasteiger partial charge in [0.05, 0.1) is 0 Å². The number of alkyl halides is 3. The fourth-order valence-electron chi connectivity index (χ4n) is 1.12. The molecule has 1 rings (SSSR count). The predicted octanol–water partition coefficient (Wildman–Crippen LogP) is 2.19. The highest BCUT2D eigenvalue weighted by atomic mass is 19.4. The molecule has 1 aromatic rings. The lowest BCUT2D eigenvalue weighted by Crippen LogP contribution is -2.15. The normalized spacial score (nSPS) is 11.5. The summed E-state index contributed by atoms with van der Waals surface area (Å²) in [6.07, 6.45) is -4.77. The number of halogens is 3. The second-order valence-corrected chi connectivity index (χ2v) is 3.06. The average molecular weight is 219 g/mol. The number of anilines is 1. The number of rotatable bonds is 3. The Balaban J connectivity index is 2.97. The molecule has 1 heterocycles. The molecule has 0 unspecified atom stereocenters. The summed E-state index contributed by atoms with van der Waals surface area (Å²) in [5.74, 6) is 0.229. The summed E-state index contributed by atoms with van der Waals surface area (Å²) < 4.78 is 36.3. The van der Waals surface area contributed by atoms with Crippen LogP contribution in [0.2, 0.25) is 0 Å². The molecule has 0 spiro atoms. The molecule has 0 atom stereocenters. The molecule has 1 aromatic heterocycles. The minimum absolute atomic E-state index is 0.189. The van der Waals surface area contributed by atoms with Crippen LogP contribution < -0.4 is 5.32 Å². The van der Waals surface area contributed by atoms with Gasteiger partial charge in [-0.2, -0.15) is 13.2 Å². The van der Waals surface area contributed by atoms with Crippen molar-refractivity contribution < 1.29 is 13.2 Å². The molecule has 1 N–H and O–H groups in total. The highest BCUT2D eigenvalue weighted by molar-refractivity contribution is 5.35. The molecule has 0 radical (unpaired) electrons. The molecule has 0 saturated heterocycles. The predicted molar refractivity (Wildman–Crippen MR) is 50.7 cm³/mol. The van der Waals surface area contributed by atoms with E-state index in [0.717, 1.165) is 0 Å². The van der Waals surface area contributed by atoms with Gasteiger partial charge in [0.1, 0.15) is 18.1 Å². The minimum Gasteiger partial charge on any atom is -0.373 e. The number of aryl methyl sites for hydroxylation is 1. The van der Waals surface area contributed by atoms with E-state index in [1.165, 1.54) is 0 Å². The Bertz CT molecular complexity index is 314. The van der Waals surface area contributed by atoms with Crippen molar-refractivity contribution in [2.45, 2.75) is 25.9 Å². The summed E-state index contributed by atoms with van der Waals surface area (Å²) in [6.45, 7) is 1.83. The molecule has 0 bridgehead atoms. The van der Waals surface area contributed by atoms with Crippen LogP contribution in [0.4, 0.5) is 19.0 Å². The van der Waals surface area contributed by atoms with Crippen molar-refractivity contribution in [3.05, 3.63) is 17.6 Å². The van der Waals surface area contributed by atoms with Crippen LogP contribution in [0.15, 0.2) is 6.07 Å². The van der Waals surface area contributed by atoms with Gasteiger partial charge in [-0.3, -0.25) is 0 Å². The lowest BCUT2D eigenvalue weighted by molar-refractivity contribution is -0.128. The topological polar surface area (TPSA) is 37.8 Å². The highest BCUT2D eigenvalue weighted by Crippen LogP contribution is 2.20. The quantitative estimate of drug-likeness (QED) is 0.846. The van der Waals surface area contributed by atoms with Gasteiger partial charge in [0.15, 0.2) is 0 Å². The van der Waals surface area contributed by atoms with Crippen molar-refractivity contribution in [1.82, 2.24) is 9.97 Å². The molecule has 0 aliphatic rings. The standard InChI is InChI=1S/C9H12F3N3/c1-3-6-4-7(13-2)15-8(14-6)5-9(10,11)12/h4H,3,5H2,1-2H3,(H,13,14,15). The molecule has 0 aliphatic heterocycles. The van der Waals surface area contributed by atoms with Gasteiger partial charge < -0.3 is 5.32 Å². The van der Waals surface area contributed by atoms with E-state index in [2.05, 4.69) is 15.3 Å². The van der Waals surface area contributed by atoms with Crippen LogP contribution in [0.25, 0.3) is 0 Å². The fraction of sp³-hybridized carbons (Fsp3) is 0.556. The first-order valence-corrected chi connectivity index (χ1v) is 4.56. The molecular formula is C9H12F3N3. The third kappa shape index (κ3) is 3.73. The first kappa shape index (κ1) is 11.7. The molecule has 0 amide bonds. The Labute approximate surface area is 85.7 Å². The van der Waals surface area contributed by atoms with Crippen LogP contribution in [0.3, 0.4) is 0 Å². The van der Waals surface area contributed by atoms with Gasteiger partial charge >= 0.3 is 6.18 Å². The minimum atomic E-state index is -4.27. The van der Waals surface area contributed by atoms with Gasteiger partial charge in [0, 0.05) is 18.8 Å². The van der Waals surface area contributed by atoms with Crippen molar-refractivity contribution >= 4 is 5.82 Å². The third-order valence-electron chi connectivity index (χ3n) is 1.80. The largest absolute Gasteiger partial charge is 0.396 e. The summed E-state index contributed by atoms with van der Waals surface area (Å²) in [5.41, 5.74) is 0.605. The number of nitrogens with zero attached hydrogens (tertiary/aromatic N) is 2. The maximum absolute atomic E-state index is 12.1. The molecule has 0 aromatic carbocycles. The summed E-state index contributed by atoms with van der Waals surface area (Å²) in [7, 11) is 1.61. The maximum atomic E-state index is 12.1. The molecule has 6 heteroatoms. The zero-order valence-electron chi connectivity index (χ0n) is 8.52. The van der Waals surface area contributed by atoms with E-state index in [0.29, 0.717) is 17.9 Å². The fourth-order valence-corrected chi connectivity index (χ4v) is 1.12. The zero-order chi connectivity index (χ0) is 11.5. The summed E-state index contributed by atoms with van der Waals surface area (Å²) in [5, 5.41) is 2.71. The Morgan fingerprint density at radius 1 is 1.33 bits per heavy atom. The number of aromatic nitrogens is 2. The van der Waals surface area contributed by atoms with Gasteiger partial charge in [-0.15, -0.1) is 0 Å². The van der Waals surface area contributed by atoms with Crippen LogP contribution in [0.5, 0.6) is 0 Å². The Kier molecular flexibility index (Phi) is 3.49. The van der Waals surface area contributed by atoms with E-state index in [9.17, 15) is 13.2 Å². The van der Waals surface area contributed by atoms with E-state index < -0.39 is 12.6 Å². The second kappa shape index (κ2) is 4.46. The Hall–Kier alpha value is -1.33. The SMILES string of the molecule is CCc1cc(NC)nc(CC(F)(F)F)n1. The molecule has 0 fully saturated rings. The van der Waals surface area contributed by atoms with E-state index in [1.807, 2.05) is 6.92 Å². The van der Waals surface area contributed by atoms with Gasteiger partial charge in [-0.25, -0.2) is 9.97 Å². The lowest BCUT2D eigenvalue weighted by atomic mass is 10.3. The second-order valence-electron chi connectivity index (χ2n) is 3.06. The lowest BCUT2D eigenvalue weighted by Gasteiger charge is -2.08. The molecule has 0 aliphatic carbocycles. The number of hydrogen-bond donors (Lipinski definition) is 1. The van der Waals surface area contributed by atoms with E-state index in [1.54, 1.807) is 13.1 Å². The van der Waals surface area contributed by atoms with E-state index >= 15 is 0 Å². The van der Waals surface area contributed by atoms with Crippen molar-refractivity contribution in [2.75, 3.05) is 12.4 Å². The smallest absolute Gasteiger partial charge is 0.373 e. The average Bonchev–Trinajstić information content (AvgIpc) is 2.14. The third-order valence-corrected chi connectivity index (χ3v) is 1.80. The molecule has 0 saturated carbocycles. The maximum Gasteiger partial charge on any atom is 0.396 e. The van der Waals surface area contributed by atoms with Crippen LogP contribution >= 0.6 is 0 Å². The van der Waals surface area contributed by atoms with E-state index in [-0.39, 0.29) is 5.82 Å². The summed E-state index contributed by atoms with van der Waals surface area (Å²) in [6, 6.07) is 1.64. The van der Waals surface area contributed by atoms with Crippen molar-refractivity contribution in [1.29, 1.82) is 0 Å². The molecule has 84 valence electrons. The molecular weight excluding hydrogens is 207 g/mol. The van der Waals surface area contributed by atoms with Crippen LogP contribution in [-0.2, 0) is 12.8 Å². The Morgan fingerprint density at radius 3 is 2.47 bits per heavy atom. The van der Waals surface area contributed by atoms with Crippen molar-refractivity contribution in [3.63, 3.8) is 0 Å². The van der Waals surface area contributed by atoms with Gasteiger partial charge in [0.2, 0.25) is 0 Å². The summed E-state index contributed by atoms with van der Waals surface area (Å²) >= 11 is 0. The van der Waals surface area contributed by atoms with Gasteiger partial charge in [-0.1, -0.05) is 6.92 Å². The Morgan fingerprint density at radius 2 is 2.00 bits per heavy atom. The van der Waals surface area contributed by atoms with Crippen molar-refractivity contribution in [3.8, 4) is 0 Å². The van der Waals surface area contributed by atoms with E-state index in [4.69, 9.17) is 0 Å². The summed E-state index contributed by atoms with van der Waals surface area (Å²) in [4.78, 5) is 7.56. The molecule has 15 heavy (non-hydrogen) atoms. The van der Waals surface area contributed by atoms with Crippen LogP contribution in [0.1, 0.15) is 18.4 Å².